The molecule has 1 aliphatic rings. The second-order valence-corrected chi connectivity index (χ2v) is 6.81. The molecule has 1 saturated heterocycles. The number of rotatable bonds is 4. The summed E-state index contributed by atoms with van der Waals surface area (Å²) in [7, 11) is 1.62. The lowest BCUT2D eigenvalue weighted by Crippen LogP contribution is -2.48. The van der Waals surface area contributed by atoms with E-state index in [0.29, 0.717) is 10.8 Å². The number of halogens is 1. The molecule has 1 aliphatic heterocycles. The van der Waals surface area contributed by atoms with E-state index in [-0.39, 0.29) is 5.91 Å². The van der Waals surface area contributed by atoms with Crippen molar-refractivity contribution in [3.63, 3.8) is 0 Å². The first-order valence-corrected chi connectivity index (χ1v) is 8.85. The number of piperazine rings is 1. The third kappa shape index (κ3) is 4.33. The number of carbonyl (C=O) groups is 1. The molecule has 3 rings (SSSR count). The minimum atomic E-state index is 0.118. The van der Waals surface area contributed by atoms with Crippen LogP contribution in [-0.2, 0) is 6.54 Å². The van der Waals surface area contributed by atoms with Gasteiger partial charge in [0.1, 0.15) is 5.75 Å². The van der Waals surface area contributed by atoms with E-state index in [4.69, 9.17) is 16.3 Å². The summed E-state index contributed by atoms with van der Waals surface area (Å²) in [6.45, 7) is 6.07. The summed E-state index contributed by atoms with van der Waals surface area (Å²) in [5.74, 6) is 0.811. The molecule has 2 aromatic rings. The number of amides is 1. The molecule has 0 N–H and O–H groups in total. The Bertz CT molecular complexity index is 738. The van der Waals surface area contributed by atoms with E-state index in [9.17, 15) is 4.79 Å². The average molecular weight is 359 g/mol. The topological polar surface area (TPSA) is 32.8 Å². The minimum Gasteiger partial charge on any atom is -0.495 e. The molecule has 0 unspecified atom stereocenters. The van der Waals surface area contributed by atoms with Gasteiger partial charge in [-0.3, -0.25) is 9.69 Å². The smallest absolute Gasteiger partial charge is 0.253 e. The molecule has 0 aromatic heterocycles. The zero-order valence-electron chi connectivity index (χ0n) is 14.7. The van der Waals surface area contributed by atoms with Gasteiger partial charge in [-0.25, -0.2) is 0 Å². The lowest BCUT2D eigenvalue weighted by molar-refractivity contribution is 0.0628. The normalized spacial score (nSPS) is 15.2. The summed E-state index contributed by atoms with van der Waals surface area (Å²) >= 11 is 6.19. The maximum Gasteiger partial charge on any atom is 0.253 e. The van der Waals surface area contributed by atoms with E-state index in [1.165, 1.54) is 5.56 Å². The van der Waals surface area contributed by atoms with Crippen molar-refractivity contribution in [3.8, 4) is 5.75 Å². The Labute approximate surface area is 154 Å². The van der Waals surface area contributed by atoms with E-state index in [2.05, 4.69) is 4.90 Å². The molecule has 1 amide bonds. The average Bonchev–Trinajstić information content (AvgIpc) is 2.63. The van der Waals surface area contributed by atoms with Crippen LogP contribution in [0.1, 0.15) is 21.5 Å². The first kappa shape index (κ1) is 17.8. The molecule has 4 nitrogen and oxygen atoms in total. The van der Waals surface area contributed by atoms with Crippen LogP contribution in [0.15, 0.2) is 42.5 Å². The van der Waals surface area contributed by atoms with Gasteiger partial charge in [0.2, 0.25) is 0 Å². The third-order valence-corrected chi connectivity index (χ3v) is 4.88. The number of nitrogens with zero attached hydrogens (tertiary/aromatic N) is 2. The van der Waals surface area contributed by atoms with Gasteiger partial charge in [0.25, 0.3) is 5.91 Å². The maximum absolute atomic E-state index is 12.6. The van der Waals surface area contributed by atoms with Gasteiger partial charge in [0.05, 0.1) is 12.1 Å². The lowest BCUT2D eigenvalue weighted by Gasteiger charge is -2.34. The highest BCUT2D eigenvalue weighted by Gasteiger charge is 2.22. The predicted octanol–water partition coefficient (Wildman–Crippen LogP) is 3.62. The number of hydrogen-bond acceptors (Lipinski definition) is 3. The Morgan fingerprint density at radius 3 is 2.36 bits per heavy atom. The first-order chi connectivity index (χ1) is 12.1. The fourth-order valence-electron chi connectivity index (χ4n) is 3.05. The van der Waals surface area contributed by atoms with Gasteiger partial charge in [-0.1, -0.05) is 35.4 Å². The number of benzene rings is 2. The highest BCUT2D eigenvalue weighted by Crippen LogP contribution is 2.25. The molecule has 0 radical (unpaired) electrons. The molecule has 1 heterocycles. The van der Waals surface area contributed by atoms with Gasteiger partial charge in [-0.2, -0.15) is 0 Å². The number of hydrogen-bond donors (Lipinski definition) is 0. The van der Waals surface area contributed by atoms with Crippen LogP contribution in [0.25, 0.3) is 0 Å². The van der Waals surface area contributed by atoms with Crippen molar-refractivity contribution in [2.75, 3.05) is 33.3 Å². The molecule has 0 saturated carbocycles. The quantitative estimate of drug-likeness (QED) is 0.837. The molecular weight excluding hydrogens is 336 g/mol. The molecule has 132 valence electrons. The van der Waals surface area contributed by atoms with Crippen molar-refractivity contribution in [3.05, 3.63) is 64.2 Å². The molecule has 25 heavy (non-hydrogen) atoms. The van der Waals surface area contributed by atoms with E-state index in [1.54, 1.807) is 7.11 Å². The molecule has 2 aromatic carbocycles. The molecule has 1 fully saturated rings. The van der Waals surface area contributed by atoms with Crippen LogP contribution in [-0.4, -0.2) is 49.0 Å². The first-order valence-electron chi connectivity index (χ1n) is 8.47. The fraction of sp³-hybridized carbons (Fsp3) is 0.350. The van der Waals surface area contributed by atoms with Crippen molar-refractivity contribution in [1.82, 2.24) is 9.80 Å². The van der Waals surface area contributed by atoms with Gasteiger partial charge >= 0.3 is 0 Å². The summed E-state index contributed by atoms with van der Waals surface area (Å²) in [6, 6.07) is 13.7. The largest absolute Gasteiger partial charge is 0.495 e. The highest BCUT2D eigenvalue weighted by molar-refractivity contribution is 6.32. The summed E-state index contributed by atoms with van der Waals surface area (Å²) < 4.78 is 5.19. The van der Waals surface area contributed by atoms with Crippen LogP contribution in [0.4, 0.5) is 0 Å². The number of carbonyl (C=O) groups excluding carboxylic acids is 1. The lowest BCUT2D eigenvalue weighted by atomic mass is 10.1. The van der Waals surface area contributed by atoms with E-state index >= 15 is 0 Å². The zero-order valence-corrected chi connectivity index (χ0v) is 15.4. The second kappa shape index (κ2) is 7.89. The SMILES string of the molecule is COc1ccc(CN2CCN(C(=O)c3ccc(C)cc3)CC2)cc1Cl. The van der Waals surface area contributed by atoms with E-state index < -0.39 is 0 Å². The van der Waals surface area contributed by atoms with Crippen molar-refractivity contribution in [1.29, 1.82) is 0 Å². The maximum atomic E-state index is 12.6. The summed E-state index contributed by atoms with van der Waals surface area (Å²) in [6.07, 6.45) is 0. The Balaban J connectivity index is 1.55. The van der Waals surface area contributed by atoms with Crippen molar-refractivity contribution >= 4 is 17.5 Å². The van der Waals surface area contributed by atoms with Crippen LogP contribution in [0, 0.1) is 6.92 Å². The zero-order chi connectivity index (χ0) is 17.8. The standard InChI is InChI=1S/C20H23ClN2O2/c1-15-3-6-17(7-4-15)20(24)23-11-9-22(10-12-23)14-16-5-8-19(25-2)18(21)13-16/h3-8,13H,9-12,14H2,1-2H3. The predicted molar refractivity (Wildman–Crippen MR) is 100 cm³/mol. The highest BCUT2D eigenvalue weighted by atomic mass is 35.5. The Morgan fingerprint density at radius 1 is 1.08 bits per heavy atom. The van der Waals surface area contributed by atoms with Gasteiger partial charge in [0, 0.05) is 38.3 Å². The summed E-state index contributed by atoms with van der Waals surface area (Å²) in [5.41, 5.74) is 3.09. The van der Waals surface area contributed by atoms with Gasteiger partial charge < -0.3 is 9.64 Å². The van der Waals surface area contributed by atoms with E-state index in [0.717, 1.165) is 43.9 Å². The monoisotopic (exact) mass is 358 g/mol. The third-order valence-electron chi connectivity index (χ3n) is 4.58. The molecule has 0 atom stereocenters. The van der Waals surface area contributed by atoms with Crippen LogP contribution in [0.5, 0.6) is 5.75 Å². The van der Waals surface area contributed by atoms with Gasteiger partial charge in [0.15, 0.2) is 0 Å². The fourth-order valence-corrected chi connectivity index (χ4v) is 3.33. The number of methoxy groups -OCH3 is 1. The van der Waals surface area contributed by atoms with Crippen LogP contribution >= 0.6 is 11.6 Å². The number of ether oxygens (including phenoxy) is 1. The van der Waals surface area contributed by atoms with E-state index in [1.807, 2.05) is 54.3 Å². The Hall–Kier alpha value is -2.04. The molecule has 0 spiro atoms. The second-order valence-electron chi connectivity index (χ2n) is 6.40. The van der Waals surface area contributed by atoms with Crippen LogP contribution in [0.3, 0.4) is 0 Å². The molecule has 0 aliphatic carbocycles. The van der Waals surface area contributed by atoms with Crippen molar-refractivity contribution in [2.45, 2.75) is 13.5 Å². The van der Waals surface area contributed by atoms with Gasteiger partial charge in [-0.05, 0) is 36.8 Å². The summed E-state index contributed by atoms with van der Waals surface area (Å²) in [5, 5.41) is 0.633. The molecule has 5 heteroatoms. The van der Waals surface area contributed by atoms with Gasteiger partial charge in [-0.15, -0.1) is 0 Å². The van der Waals surface area contributed by atoms with Crippen LogP contribution < -0.4 is 4.74 Å². The van der Waals surface area contributed by atoms with Crippen LogP contribution in [0.2, 0.25) is 5.02 Å². The Kier molecular flexibility index (Phi) is 5.61. The number of aryl methyl sites for hydroxylation is 1. The Morgan fingerprint density at radius 2 is 1.76 bits per heavy atom. The molecular formula is C20H23ClN2O2. The van der Waals surface area contributed by atoms with Crippen molar-refractivity contribution < 1.29 is 9.53 Å². The minimum absolute atomic E-state index is 0.118. The summed E-state index contributed by atoms with van der Waals surface area (Å²) in [4.78, 5) is 16.8. The molecule has 0 bridgehead atoms. The van der Waals surface area contributed by atoms with Crippen molar-refractivity contribution in [2.24, 2.45) is 0 Å².